The Kier molecular flexibility index (Phi) is 5.94. The molecule has 0 unspecified atom stereocenters. The summed E-state index contributed by atoms with van der Waals surface area (Å²) in [5, 5.41) is 0.409. The van der Waals surface area contributed by atoms with Crippen molar-refractivity contribution in [2.24, 2.45) is 11.8 Å². The number of carbonyl (C=O) groups excluding carboxylic acids is 3. The molecule has 3 aliphatic rings. The van der Waals surface area contributed by atoms with Gasteiger partial charge < -0.3 is 14.2 Å². The molecule has 1 aliphatic carbocycles. The molecule has 2 heterocycles. The second-order valence-corrected chi connectivity index (χ2v) is 8.10. The third-order valence-electron chi connectivity index (χ3n) is 5.73. The van der Waals surface area contributed by atoms with E-state index in [0.29, 0.717) is 35.3 Å². The Hall–Kier alpha value is -2.28. The first-order valence-corrected chi connectivity index (χ1v) is 10.5. The van der Waals surface area contributed by atoms with E-state index < -0.39 is 5.97 Å². The van der Waals surface area contributed by atoms with Crippen molar-refractivity contribution >= 4 is 29.4 Å². The lowest BCUT2D eigenvalue weighted by Gasteiger charge is -2.19. The molecule has 0 bridgehead atoms. The summed E-state index contributed by atoms with van der Waals surface area (Å²) in [5.41, 5.74) is 0.687. The molecule has 1 saturated heterocycles. The third-order valence-corrected chi connectivity index (χ3v) is 6.01. The van der Waals surface area contributed by atoms with Crippen molar-refractivity contribution in [2.75, 3.05) is 19.8 Å². The average molecular weight is 422 g/mol. The van der Waals surface area contributed by atoms with Gasteiger partial charge in [0.05, 0.1) is 36.5 Å². The third kappa shape index (κ3) is 4.20. The van der Waals surface area contributed by atoms with E-state index in [9.17, 15) is 14.4 Å². The maximum atomic E-state index is 12.5. The number of fused-ring (bicyclic) bond motifs is 2. The molecule has 1 saturated carbocycles. The van der Waals surface area contributed by atoms with Crippen LogP contribution in [0.4, 0.5) is 0 Å². The summed E-state index contributed by atoms with van der Waals surface area (Å²) in [6.45, 7) is 1.18. The summed E-state index contributed by atoms with van der Waals surface area (Å²) in [6, 6.07) is 3.43. The number of likely N-dealkylation sites (tertiary alicyclic amines) is 1. The number of esters is 1. The molecule has 0 spiro atoms. The number of ether oxygens (including phenoxy) is 3. The van der Waals surface area contributed by atoms with Crippen LogP contribution in [0.25, 0.3) is 0 Å². The van der Waals surface area contributed by atoms with Crippen molar-refractivity contribution in [1.29, 1.82) is 0 Å². The van der Waals surface area contributed by atoms with E-state index in [0.717, 1.165) is 32.1 Å². The van der Waals surface area contributed by atoms with Crippen LogP contribution in [0, 0.1) is 11.8 Å². The molecule has 2 amide bonds. The first kappa shape index (κ1) is 20.0. The number of nitrogens with zero attached hydrogens (tertiary/aromatic N) is 1. The average Bonchev–Trinajstić information content (AvgIpc) is 2.88. The van der Waals surface area contributed by atoms with E-state index in [2.05, 4.69) is 0 Å². The lowest BCUT2D eigenvalue weighted by atomic mass is 9.81. The predicted octanol–water partition coefficient (Wildman–Crippen LogP) is 3.11. The number of hydrogen-bond acceptors (Lipinski definition) is 6. The molecule has 0 radical (unpaired) electrons. The molecule has 8 heteroatoms. The van der Waals surface area contributed by atoms with Gasteiger partial charge in [-0.1, -0.05) is 24.4 Å². The predicted molar refractivity (Wildman–Crippen MR) is 104 cm³/mol. The van der Waals surface area contributed by atoms with Crippen molar-refractivity contribution in [3.63, 3.8) is 0 Å². The highest BCUT2D eigenvalue weighted by Crippen LogP contribution is 2.39. The molecule has 29 heavy (non-hydrogen) atoms. The van der Waals surface area contributed by atoms with Crippen LogP contribution in [-0.2, 0) is 25.7 Å². The van der Waals surface area contributed by atoms with Crippen LogP contribution in [0.3, 0.4) is 0 Å². The van der Waals surface area contributed by atoms with E-state index in [-0.39, 0.29) is 43.2 Å². The first-order chi connectivity index (χ1) is 14.0. The Morgan fingerprint density at radius 3 is 2.48 bits per heavy atom. The zero-order chi connectivity index (χ0) is 20.4. The molecular formula is C21H24ClNO6. The van der Waals surface area contributed by atoms with Crippen LogP contribution in [-0.4, -0.2) is 42.4 Å². The van der Waals surface area contributed by atoms with E-state index in [4.69, 9.17) is 25.8 Å². The second-order valence-electron chi connectivity index (χ2n) is 7.69. The van der Waals surface area contributed by atoms with Crippen LogP contribution in [0.5, 0.6) is 11.5 Å². The zero-order valence-corrected chi connectivity index (χ0v) is 16.9. The molecule has 4 rings (SSSR count). The van der Waals surface area contributed by atoms with Gasteiger partial charge in [-0.05, 0) is 30.5 Å². The largest absolute Gasteiger partial charge is 0.489 e. The van der Waals surface area contributed by atoms with E-state index in [1.54, 1.807) is 12.1 Å². The molecule has 2 aliphatic heterocycles. The smallest absolute Gasteiger partial charge is 0.307 e. The van der Waals surface area contributed by atoms with E-state index >= 15 is 0 Å². The minimum absolute atomic E-state index is 0.0186. The molecule has 1 aromatic carbocycles. The fourth-order valence-electron chi connectivity index (χ4n) is 4.26. The maximum Gasteiger partial charge on any atom is 0.307 e. The molecule has 7 nitrogen and oxygen atoms in total. The molecule has 0 aromatic heterocycles. The minimum atomic E-state index is -0.469. The van der Waals surface area contributed by atoms with Crippen molar-refractivity contribution in [3.05, 3.63) is 22.7 Å². The van der Waals surface area contributed by atoms with Crippen molar-refractivity contribution in [2.45, 2.75) is 45.1 Å². The van der Waals surface area contributed by atoms with Gasteiger partial charge in [0.2, 0.25) is 11.8 Å². The molecule has 156 valence electrons. The SMILES string of the molecule is O=C(CCN1C(=O)[C@H]2CCCC[C@@H]2C1=O)OCc1cc(Cl)c2c(c1)OCCCO2. The summed E-state index contributed by atoms with van der Waals surface area (Å²) < 4.78 is 16.5. The summed E-state index contributed by atoms with van der Waals surface area (Å²) >= 11 is 6.25. The highest BCUT2D eigenvalue weighted by atomic mass is 35.5. The molecular weight excluding hydrogens is 398 g/mol. The molecule has 1 aromatic rings. The minimum Gasteiger partial charge on any atom is -0.489 e. The Morgan fingerprint density at radius 2 is 1.76 bits per heavy atom. The summed E-state index contributed by atoms with van der Waals surface area (Å²) in [7, 11) is 0. The van der Waals surface area contributed by atoms with Gasteiger partial charge >= 0.3 is 5.97 Å². The van der Waals surface area contributed by atoms with Gasteiger partial charge in [-0.2, -0.15) is 0 Å². The van der Waals surface area contributed by atoms with Crippen LogP contribution >= 0.6 is 11.6 Å². The zero-order valence-electron chi connectivity index (χ0n) is 16.2. The number of amides is 2. The summed E-state index contributed by atoms with van der Waals surface area (Å²) in [5.74, 6) is -0.0934. The molecule has 2 atom stereocenters. The molecule has 2 fully saturated rings. The van der Waals surface area contributed by atoms with Crippen LogP contribution in [0.15, 0.2) is 12.1 Å². The number of halogens is 1. The van der Waals surface area contributed by atoms with Crippen molar-refractivity contribution in [3.8, 4) is 11.5 Å². The highest BCUT2D eigenvalue weighted by Gasteiger charge is 2.47. The van der Waals surface area contributed by atoms with Gasteiger partial charge in [-0.3, -0.25) is 19.3 Å². The first-order valence-electron chi connectivity index (χ1n) is 10.1. The van der Waals surface area contributed by atoms with Gasteiger partial charge in [-0.15, -0.1) is 0 Å². The quantitative estimate of drug-likeness (QED) is 0.536. The van der Waals surface area contributed by atoms with Crippen LogP contribution in [0.1, 0.15) is 44.1 Å². The monoisotopic (exact) mass is 421 g/mol. The van der Waals surface area contributed by atoms with E-state index in [1.165, 1.54) is 4.90 Å². The number of imide groups is 1. The van der Waals surface area contributed by atoms with Crippen LogP contribution in [0.2, 0.25) is 5.02 Å². The number of hydrogen-bond donors (Lipinski definition) is 0. The Bertz CT molecular complexity index is 802. The normalized spacial score (nSPS) is 23.6. The maximum absolute atomic E-state index is 12.5. The van der Waals surface area contributed by atoms with Crippen molar-refractivity contribution in [1.82, 2.24) is 4.90 Å². The molecule has 0 N–H and O–H groups in total. The Balaban J connectivity index is 1.31. The van der Waals surface area contributed by atoms with Crippen molar-refractivity contribution < 1.29 is 28.6 Å². The fourth-order valence-corrected chi connectivity index (χ4v) is 4.55. The van der Waals surface area contributed by atoms with Gasteiger partial charge in [-0.25, -0.2) is 0 Å². The van der Waals surface area contributed by atoms with Crippen LogP contribution < -0.4 is 9.47 Å². The van der Waals surface area contributed by atoms with E-state index in [1.807, 2.05) is 0 Å². The topological polar surface area (TPSA) is 82.1 Å². The fraction of sp³-hybridized carbons (Fsp3) is 0.571. The number of carbonyl (C=O) groups is 3. The summed E-state index contributed by atoms with van der Waals surface area (Å²) in [4.78, 5) is 38.3. The Morgan fingerprint density at radius 1 is 1.07 bits per heavy atom. The van der Waals surface area contributed by atoms with Gasteiger partial charge in [0, 0.05) is 13.0 Å². The van der Waals surface area contributed by atoms with Gasteiger partial charge in [0.1, 0.15) is 6.61 Å². The standard InChI is InChI=1S/C21H24ClNO6/c22-16-10-13(11-17-19(16)28-9-3-8-27-17)12-29-18(24)6-7-23-20(25)14-4-1-2-5-15(14)21(23)26/h10-11,14-15H,1-9,12H2/t14-,15-/m0/s1. The number of benzene rings is 1. The Labute approximate surface area is 174 Å². The van der Waals surface area contributed by atoms with Gasteiger partial charge in [0.25, 0.3) is 0 Å². The summed E-state index contributed by atoms with van der Waals surface area (Å²) in [6.07, 6.45) is 4.24. The lowest BCUT2D eigenvalue weighted by molar-refractivity contribution is -0.146. The highest BCUT2D eigenvalue weighted by molar-refractivity contribution is 6.32. The second kappa shape index (κ2) is 8.61. The number of rotatable bonds is 5. The lowest BCUT2D eigenvalue weighted by Crippen LogP contribution is -2.33. The van der Waals surface area contributed by atoms with Gasteiger partial charge in [0.15, 0.2) is 11.5 Å².